The van der Waals surface area contributed by atoms with Crippen LogP contribution in [0, 0.1) is 56.2 Å². The molecule has 0 aromatic heterocycles. The van der Waals surface area contributed by atoms with E-state index in [0.717, 1.165) is 5.57 Å². The van der Waals surface area contributed by atoms with Crippen LogP contribution in [-0.2, 0) is 61.8 Å². The van der Waals surface area contributed by atoms with Crippen molar-refractivity contribution in [3.8, 4) is 0 Å². The molecule has 484 valence electrons. The summed E-state index contributed by atoms with van der Waals surface area (Å²) in [5.74, 6) is -5.77. The van der Waals surface area contributed by atoms with Gasteiger partial charge in [0.15, 0.2) is 37.2 Å². The van der Waals surface area contributed by atoms with Crippen molar-refractivity contribution in [3.63, 3.8) is 0 Å². The predicted octanol–water partition coefficient (Wildman–Crippen LogP) is 0.274. The summed E-state index contributed by atoms with van der Waals surface area (Å²) in [5.41, 5.74) is -5.13. The Labute approximate surface area is 495 Å². The van der Waals surface area contributed by atoms with Crippen molar-refractivity contribution in [1.82, 2.24) is 0 Å². The number of ether oxygens (including phenoxy) is 9. The molecule has 28 atom stereocenters. The lowest BCUT2D eigenvalue weighted by molar-refractivity contribution is -0.392. The van der Waals surface area contributed by atoms with Crippen LogP contribution in [0.4, 0.5) is 0 Å². The van der Waals surface area contributed by atoms with Gasteiger partial charge in [0.1, 0.15) is 67.1 Å². The standard InChI is InChI=1S/C60H94O25/c1-13-25(3)49(74)78-27(5)51(76)84-46-47(85-50(75)26(4)14-2)60(24-62)29(21-55(46,6)7)28-15-16-33-57(10)19-18-34(56(8,9)32(57)17-20-58(33,11)59(28,12)44(70)45(60)71)80-54-43(83-53-39(68)37(66)36(65)31(22-61)79-53)41(40(69)42(82-54)48(72)73)81-52-38(67)35(64)30(63)23-77-52/h13,15,26-27,29-47,52-54,61-71H,14,16-24H2,1-12H3,(H,72,73)/b25-13-/t26?,27?,29?,30-,31?,32?,33?,34-,35-,36-,37-,38?,39?,40+,41-,42?,43?,44-,45+,46-,47-,52-,53-,54+,57-,58+,59-,60-/m0/s1. The number of hydrogen-bond acceptors (Lipinski definition) is 24. The average Bonchev–Trinajstić information content (AvgIpc) is 0.680. The number of carboxylic acid groups (broad SMARTS) is 1. The van der Waals surface area contributed by atoms with E-state index >= 15 is 0 Å². The molecule has 0 aromatic carbocycles. The highest BCUT2D eigenvalue weighted by atomic mass is 16.8. The van der Waals surface area contributed by atoms with Gasteiger partial charge in [-0.25, -0.2) is 14.4 Å². The number of rotatable bonds is 16. The molecular weight excluding hydrogens is 1120 g/mol. The monoisotopic (exact) mass is 1210 g/mol. The lowest BCUT2D eigenvalue weighted by Gasteiger charge is -2.73. The summed E-state index contributed by atoms with van der Waals surface area (Å²) in [5, 5.41) is 135. The Morgan fingerprint density at radius 3 is 1.98 bits per heavy atom. The molecular formula is C60H94O25. The fourth-order valence-corrected chi connectivity index (χ4v) is 16.5. The number of fused-ring (bicyclic) bond motifs is 7. The van der Waals surface area contributed by atoms with Crippen molar-refractivity contribution in [1.29, 1.82) is 0 Å². The van der Waals surface area contributed by atoms with Gasteiger partial charge in [0, 0.05) is 16.4 Å². The SMILES string of the molecule is C/C=C(/C)C(=O)OC(C)C(=O)O[C@H]1[C@H](OC(=O)C(C)CC)[C@@]2(CO)C(CC1(C)C)C1=CCC3[C@@]4(C)CC[C@H](O[C@@H]5OC(C(=O)O)[C@H](O)[C@H](O[C@@H]6OC[C@H](O)[C@H](O)C6O)C5O[C@@H]5OC(CO)[C@H](O)[C@H](O)C5O)C(C)(C)C4CC[C@@]3(C)[C@]1(C)[C@@H](O)[C@H]2O. The molecule has 10 unspecified atom stereocenters. The van der Waals surface area contributed by atoms with Crippen molar-refractivity contribution in [2.24, 2.45) is 56.2 Å². The lowest BCUT2D eigenvalue weighted by Crippen LogP contribution is -2.76. The van der Waals surface area contributed by atoms with Crippen LogP contribution in [-0.4, -0.2) is 228 Å². The molecule has 0 spiro atoms. The molecule has 5 aliphatic carbocycles. The normalized spacial score (nSPS) is 47.5. The summed E-state index contributed by atoms with van der Waals surface area (Å²) >= 11 is 0. The number of carbonyl (C=O) groups excluding carboxylic acids is 3. The summed E-state index contributed by atoms with van der Waals surface area (Å²) in [6.07, 6.45) is -27.9. The van der Waals surface area contributed by atoms with Gasteiger partial charge in [-0.2, -0.15) is 0 Å². The molecule has 0 aromatic rings. The molecule has 3 saturated heterocycles. The number of aliphatic hydroxyl groups is 11. The highest BCUT2D eigenvalue weighted by Gasteiger charge is 2.76. The number of aliphatic carboxylic acids is 1. The quantitative estimate of drug-likeness (QED) is 0.0324. The molecule has 4 saturated carbocycles. The largest absolute Gasteiger partial charge is 0.479 e. The first-order valence-electron chi connectivity index (χ1n) is 30.0. The number of carboxylic acids is 1. The third-order valence-electron chi connectivity index (χ3n) is 22.2. The van der Waals surface area contributed by atoms with Crippen molar-refractivity contribution in [2.75, 3.05) is 19.8 Å². The minimum Gasteiger partial charge on any atom is -0.479 e. The van der Waals surface area contributed by atoms with E-state index in [9.17, 15) is 80.5 Å². The zero-order valence-electron chi connectivity index (χ0n) is 50.8. The van der Waals surface area contributed by atoms with Crippen molar-refractivity contribution >= 4 is 23.9 Å². The lowest BCUT2D eigenvalue weighted by atomic mass is 9.32. The van der Waals surface area contributed by atoms with E-state index in [1.807, 2.05) is 34.6 Å². The fourth-order valence-electron chi connectivity index (χ4n) is 16.5. The molecule has 85 heavy (non-hydrogen) atoms. The second-order valence-electron chi connectivity index (χ2n) is 27.5. The Kier molecular flexibility index (Phi) is 19.7. The van der Waals surface area contributed by atoms with Crippen LogP contribution in [0.5, 0.6) is 0 Å². The van der Waals surface area contributed by atoms with Gasteiger partial charge in [-0.05, 0) is 99.7 Å². The highest BCUT2D eigenvalue weighted by Crippen LogP contribution is 2.76. The van der Waals surface area contributed by atoms with Crippen LogP contribution in [0.15, 0.2) is 23.3 Å². The predicted molar refractivity (Wildman–Crippen MR) is 292 cm³/mol. The van der Waals surface area contributed by atoms with E-state index in [-0.39, 0.29) is 23.8 Å². The number of aliphatic hydroxyl groups excluding tert-OH is 11. The maximum Gasteiger partial charge on any atom is 0.347 e. The van der Waals surface area contributed by atoms with Crippen LogP contribution in [0.3, 0.4) is 0 Å². The van der Waals surface area contributed by atoms with Gasteiger partial charge in [-0.15, -0.1) is 0 Å². The molecule has 8 aliphatic rings. The van der Waals surface area contributed by atoms with Crippen LogP contribution >= 0.6 is 0 Å². The van der Waals surface area contributed by atoms with Gasteiger partial charge >= 0.3 is 23.9 Å². The average molecular weight is 1220 g/mol. The first-order valence-corrected chi connectivity index (χ1v) is 30.0. The van der Waals surface area contributed by atoms with Crippen molar-refractivity contribution in [3.05, 3.63) is 23.3 Å². The molecule has 0 amide bonds. The summed E-state index contributed by atoms with van der Waals surface area (Å²) in [4.78, 5) is 53.7. The number of allylic oxidation sites excluding steroid dienone is 2. The molecule has 0 bridgehead atoms. The van der Waals surface area contributed by atoms with Gasteiger partial charge in [0.05, 0.1) is 49.5 Å². The van der Waals surface area contributed by atoms with Crippen LogP contribution in [0.2, 0.25) is 0 Å². The Morgan fingerprint density at radius 2 is 1.36 bits per heavy atom. The van der Waals surface area contributed by atoms with Crippen molar-refractivity contribution in [2.45, 2.75) is 251 Å². The third-order valence-corrected chi connectivity index (χ3v) is 22.2. The smallest absolute Gasteiger partial charge is 0.347 e. The van der Waals surface area contributed by atoms with Crippen LogP contribution in [0.25, 0.3) is 0 Å². The zero-order valence-corrected chi connectivity index (χ0v) is 50.8. The van der Waals surface area contributed by atoms with E-state index < -0.39 is 211 Å². The van der Waals surface area contributed by atoms with E-state index in [0.29, 0.717) is 38.5 Å². The summed E-state index contributed by atoms with van der Waals surface area (Å²) < 4.78 is 54.5. The van der Waals surface area contributed by atoms with Gasteiger partial charge in [0.25, 0.3) is 0 Å². The molecule has 12 N–H and O–H groups in total. The summed E-state index contributed by atoms with van der Waals surface area (Å²) in [6, 6.07) is 0. The number of hydrogen-bond donors (Lipinski definition) is 12. The maximum absolute atomic E-state index is 14.1. The topological polar surface area (TPSA) is 394 Å². The zero-order chi connectivity index (χ0) is 63.2. The molecule has 25 heteroatoms. The van der Waals surface area contributed by atoms with E-state index in [4.69, 9.17) is 42.6 Å². The van der Waals surface area contributed by atoms with E-state index in [2.05, 4.69) is 19.9 Å². The Hall–Kier alpha value is -3.32. The van der Waals surface area contributed by atoms with E-state index in [1.54, 1.807) is 20.8 Å². The third kappa shape index (κ3) is 11.1. The fraction of sp³-hybridized carbons (Fsp3) is 0.867. The molecule has 0 radical (unpaired) electrons. The second kappa shape index (κ2) is 24.8. The molecule has 8 rings (SSSR count). The van der Waals surface area contributed by atoms with Gasteiger partial charge in [-0.3, -0.25) is 4.79 Å². The number of carbonyl (C=O) groups is 4. The van der Waals surface area contributed by atoms with Gasteiger partial charge < -0.3 is 104 Å². The summed E-state index contributed by atoms with van der Waals surface area (Å²) in [6.45, 7) is 19.8. The first-order chi connectivity index (χ1) is 39.6. The van der Waals surface area contributed by atoms with Gasteiger partial charge in [0.2, 0.25) is 0 Å². The minimum absolute atomic E-state index is 0.186. The minimum atomic E-state index is -2.14. The van der Waals surface area contributed by atoms with Gasteiger partial charge in [-0.1, -0.05) is 80.0 Å². The van der Waals surface area contributed by atoms with Crippen molar-refractivity contribution < 1.29 is 123 Å². The maximum atomic E-state index is 14.1. The molecule has 7 fully saturated rings. The van der Waals surface area contributed by atoms with E-state index in [1.165, 1.54) is 19.9 Å². The Balaban J connectivity index is 1.13. The highest BCUT2D eigenvalue weighted by molar-refractivity contribution is 5.90. The molecule has 3 heterocycles. The Morgan fingerprint density at radius 1 is 0.729 bits per heavy atom. The Bertz CT molecular complexity index is 2500. The molecule has 25 nitrogen and oxygen atoms in total. The van der Waals surface area contributed by atoms with Crippen LogP contribution in [0.1, 0.15) is 128 Å². The second-order valence-corrected chi connectivity index (χ2v) is 27.5. The number of esters is 3. The molecule has 3 aliphatic heterocycles. The van der Waals surface area contributed by atoms with Crippen LogP contribution < -0.4 is 0 Å². The summed E-state index contributed by atoms with van der Waals surface area (Å²) in [7, 11) is 0. The first kappa shape index (κ1) is 67.6.